The lowest BCUT2D eigenvalue weighted by molar-refractivity contribution is 0.778. The average Bonchev–Trinajstić information content (AvgIpc) is 2.74. The van der Waals surface area contributed by atoms with Crippen molar-refractivity contribution >= 4 is 11.3 Å². The SMILES string of the molecule is CNCCc1csc(Cc2cccc(C)c2)n1. The summed E-state index contributed by atoms with van der Waals surface area (Å²) in [6.07, 6.45) is 1.96. The Kier molecular flexibility index (Phi) is 4.29. The van der Waals surface area contributed by atoms with Crippen LogP contribution in [0.3, 0.4) is 0 Å². The van der Waals surface area contributed by atoms with E-state index in [2.05, 4.69) is 46.9 Å². The van der Waals surface area contributed by atoms with Gasteiger partial charge < -0.3 is 5.32 Å². The zero-order valence-electron chi connectivity index (χ0n) is 10.4. The molecule has 2 aromatic rings. The normalized spacial score (nSPS) is 10.7. The van der Waals surface area contributed by atoms with Crippen LogP contribution in [0.25, 0.3) is 0 Å². The van der Waals surface area contributed by atoms with Gasteiger partial charge in [-0.1, -0.05) is 29.8 Å². The molecule has 2 rings (SSSR count). The van der Waals surface area contributed by atoms with E-state index in [4.69, 9.17) is 0 Å². The zero-order valence-corrected chi connectivity index (χ0v) is 11.2. The molecule has 90 valence electrons. The van der Waals surface area contributed by atoms with Crippen molar-refractivity contribution in [1.82, 2.24) is 10.3 Å². The molecular formula is C14H18N2S. The maximum Gasteiger partial charge on any atom is 0.0972 e. The van der Waals surface area contributed by atoms with Crippen LogP contribution in [-0.2, 0) is 12.8 Å². The topological polar surface area (TPSA) is 24.9 Å². The van der Waals surface area contributed by atoms with Gasteiger partial charge in [0.25, 0.3) is 0 Å². The van der Waals surface area contributed by atoms with Gasteiger partial charge in [0.05, 0.1) is 10.7 Å². The van der Waals surface area contributed by atoms with Crippen molar-refractivity contribution < 1.29 is 0 Å². The van der Waals surface area contributed by atoms with Crippen molar-refractivity contribution in [2.24, 2.45) is 0 Å². The lowest BCUT2D eigenvalue weighted by atomic mass is 10.1. The van der Waals surface area contributed by atoms with Crippen LogP contribution < -0.4 is 5.32 Å². The Morgan fingerprint density at radius 1 is 1.35 bits per heavy atom. The monoisotopic (exact) mass is 246 g/mol. The molecule has 0 amide bonds. The molecule has 0 aliphatic heterocycles. The lowest BCUT2D eigenvalue weighted by Crippen LogP contribution is -2.10. The third kappa shape index (κ3) is 3.65. The van der Waals surface area contributed by atoms with Gasteiger partial charge in [-0.25, -0.2) is 4.98 Å². The summed E-state index contributed by atoms with van der Waals surface area (Å²) in [6, 6.07) is 8.64. The van der Waals surface area contributed by atoms with Crippen LogP contribution in [-0.4, -0.2) is 18.6 Å². The number of aromatic nitrogens is 1. The predicted molar refractivity (Wildman–Crippen MR) is 73.7 cm³/mol. The van der Waals surface area contributed by atoms with Crippen molar-refractivity contribution in [3.05, 3.63) is 51.5 Å². The Balaban J connectivity index is 2.01. The molecule has 2 nitrogen and oxygen atoms in total. The molecule has 3 heteroatoms. The number of thiazole rings is 1. The van der Waals surface area contributed by atoms with E-state index in [1.165, 1.54) is 21.8 Å². The quantitative estimate of drug-likeness (QED) is 0.877. The third-order valence-electron chi connectivity index (χ3n) is 2.67. The molecule has 0 saturated carbocycles. The molecule has 0 bridgehead atoms. The van der Waals surface area contributed by atoms with Gasteiger partial charge in [0.15, 0.2) is 0 Å². The Morgan fingerprint density at radius 3 is 3.00 bits per heavy atom. The molecule has 0 unspecified atom stereocenters. The molecule has 1 N–H and O–H groups in total. The number of likely N-dealkylation sites (N-methyl/N-ethyl adjacent to an activating group) is 1. The third-order valence-corrected chi connectivity index (χ3v) is 3.57. The van der Waals surface area contributed by atoms with Crippen LogP contribution in [0.1, 0.15) is 21.8 Å². The highest BCUT2D eigenvalue weighted by atomic mass is 32.1. The molecule has 0 aliphatic carbocycles. The number of nitrogens with one attached hydrogen (secondary N) is 1. The number of nitrogens with zero attached hydrogens (tertiary/aromatic N) is 1. The van der Waals surface area contributed by atoms with Gasteiger partial charge in [-0.2, -0.15) is 0 Å². The summed E-state index contributed by atoms with van der Waals surface area (Å²) in [5.74, 6) is 0. The van der Waals surface area contributed by atoms with Crippen LogP contribution in [0.15, 0.2) is 29.6 Å². The number of benzene rings is 1. The van der Waals surface area contributed by atoms with Crippen LogP contribution >= 0.6 is 11.3 Å². The minimum Gasteiger partial charge on any atom is -0.319 e. The molecule has 0 atom stereocenters. The molecule has 0 radical (unpaired) electrons. The summed E-state index contributed by atoms with van der Waals surface area (Å²) < 4.78 is 0. The molecule has 1 heterocycles. The van der Waals surface area contributed by atoms with Crippen molar-refractivity contribution in [2.45, 2.75) is 19.8 Å². The molecule has 0 fully saturated rings. The summed E-state index contributed by atoms with van der Waals surface area (Å²) in [5, 5.41) is 6.53. The summed E-state index contributed by atoms with van der Waals surface area (Å²) in [5.41, 5.74) is 3.86. The smallest absolute Gasteiger partial charge is 0.0972 e. The second-order valence-corrected chi connectivity index (χ2v) is 5.19. The Hall–Kier alpha value is -1.19. The van der Waals surface area contributed by atoms with E-state index < -0.39 is 0 Å². The van der Waals surface area contributed by atoms with E-state index in [9.17, 15) is 0 Å². The molecule has 0 saturated heterocycles. The van der Waals surface area contributed by atoms with Gasteiger partial charge in [-0.05, 0) is 19.5 Å². The minimum atomic E-state index is 0.950. The number of rotatable bonds is 5. The van der Waals surface area contributed by atoms with E-state index >= 15 is 0 Å². The van der Waals surface area contributed by atoms with E-state index in [0.29, 0.717) is 0 Å². The van der Waals surface area contributed by atoms with E-state index in [1.54, 1.807) is 11.3 Å². The highest BCUT2D eigenvalue weighted by molar-refractivity contribution is 7.09. The summed E-state index contributed by atoms with van der Waals surface area (Å²) >= 11 is 1.76. The van der Waals surface area contributed by atoms with E-state index in [-0.39, 0.29) is 0 Å². The fraction of sp³-hybridized carbons (Fsp3) is 0.357. The molecule has 0 aliphatic rings. The van der Waals surface area contributed by atoms with Crippen LogP contribution in [0.5, 0.6) is 0 Å². The molecule has 1 aromatic heterocycles. The van der Waals surface area contributed by atoms with Crippen LogP contribution in [0, 0.1) is 6.92 Å². The first kappa shape index (κ1) is 12.3. The number of hydrogen-bond donors (Lipinski definition) is 1. The molecule has 17 heavy (non-hydrogen) atoms. The molecule has 1 aromatic carbocycles. The Morgan fingerprint density at radius 2 is 2.24 bits per heavy atom. The van der Waals surface area contributed by atoms with Gasteiger partial charge in [0.1, 0.15) is 0 Å². The first-order valence-corrected chi connectivity index (χ1v) is 6.79. The van der Waals surface area contributed by atoms with Crippen molar-refractivity contribution in [2.75, 3.05) is 13.6 Å². The minimum absolute atomic E-state index is 0.950. The predicted octanol–water partition coefficient (Wildman–Crippen LogP) is 2.80. The number of aryl methyl sites for hydroxylation is 1. The summed E-state index contributed by atoms with van der Waals surface area (Å²) in [4.78, 5) is 4.65. The number of hydrogen-bond acceptors (Lipinski definition) is 3. The second-order valence-electron chi connectivity index (χ2n) is 4.25. The fourth-order valence-corrected chi connectivity index (χ4v) is 2.66. The van der Waals surface area contributed by atoms with Crippen molar-refractivity contribution in [3.8, 4) is 0 Å². The van der Waals surface area contributed by atoms with Crippen molar-refractivity contribution in [3.63, 3.8) is 0 Å². The maximum atomic E-state index is 4.65. The highest BCUT2D eigenvalue weighted by Gasteiger charge is 2.03. The van der Waals surface area contributed by atoms with Crippen LogP contribution in [0.4, 0.5) is 0 Å². The van der Waals surface area contributed by atoms with E-state index in [1.807, 2.05) is 7.05 Å². The largest absolute Gasteiger partial charge is 0.319 e. The van der Waals surface area contributed by atoms with Gasteiger partial charge in [0, 0.05) is 24.8 Å². The van der Waals surface area contributed by atoms with Crippen LogP contribution in [0.2, 0.25) is 0 Å². The maximum absolute atomic E-state index is 4.65. The summed E-state index contributed by atoms with van der Waals surface area (Å²) in [7, 11) is 1.97. The molecule has 0 spiro atoms. The van der Waals surface area contributed by atoms with Gasteiger partial charge in [-0.3, -0.25) is 0 Å². The first-order chi connectivity index (χ1) is 8.28. The van der Waals surface area contributed by atoms with Crippen molar-refractivity contribution in [1.29, 1.82) is 0 Å². The lowest BCUT2D eigenvalue weighted by Gasteiger charge is -1.99. The van der Waals surface area contributed by atoms with Gasteiger partial charge in [0.2, 0.25) is 0 Å². The van der Waals surface area contributed by atoms with Gasteiger partial charge >= 0.3 is 0 Å². The fourth-order valence-electron chi connectivity index (χ4n) is 1.79. The summed E-state index contributed by atoms with van der Waals surface area (Å²) in [6.45, 7) is 3.12. The highest BCUT2D eigenvalue weighted by Crippen LogP contribution is 2.15. The Bertz CT molecular complexity index is 477. The Labute approximate surface area is 107 Å². The second kappa shape index (κ2) is 5.94. The van der Waals surface area contributed by atoms with Gasteiger partial charge in [-0.15, -0.1) is 11.3 Å². The first-order valence-electron chi connectivity index (χ1n) is 5.91. The average molecular weight is 246 g/mol. The standard InChI is InChI=1S/C14H18N2S/c1-11-4-3-5-12(8-11)9-14-16-13(10-17-14)6-7-15-2/h3-5,8,10,15H,6-7,9H2,1-2H3. The molecular weight excluding hydrogens is 228 g/mol. The zero-order chi connectivity index (χ0) is 12.1. The van der Waals surface area contributed by atoms with E-state index in [0.717, 1.165) is 19.4 Å².